The second-order valence-electron chi connectivity index (χ2n) is 6.78. The van der Waals surface area contributed by atoms with Crippen LogP contribution in [0.2, 0.25) is 0 Å². The van der Waals surface area contributed by atoms with E-state index in [2.05, 4.69) is 17.0 Å². The van der Waals surface area contributed by atoms with Crippen molar-refractivity contribution in [3.63, 3.8) is 0 Å². The monoisotopic (exact) mass is 334 g/mol. The van der Waals surface area contributed by atoms with Crippen LogP contribution in [0.25, 0.3) is 0 Å². The number of hydrogen-bond donors (Lipinski definition) is 1. The Labute approximate surface area is 143 Å². The zero-order chi connectivity index (χ0) is 17.2. The normalized spacial score (nSPS) is 26.0. The van der Waals surface area contributed by atoms with Gasteiger partial charge in [-0.25, -0.2) is 4.79 Å². The third-order valence-corrected chi connectivity index (χ3v) is 5.24. The molecular formula is C18H26N2O4. The molecule has 1 saturated heterocycles. The molecule has 2 atom stereocenters. The summed E-state index contributed by atoms with van der Waals surface area (Å²) in [4.78, 5) is 15.1. The lowest BCUT2D eigenvalue weighted by Gasteiger charge is -2.47. The van der Waals surface area contributed by atoms with E-state index < -0.39 is 11.9 Å². The number of hydrogen-bond acceptors (Lipinski definition) is 4. The van der Waals surface area contributed by atoms with Gasteiger partial charge in [0.25, 0.3) is 0 Å². The third kappa shape index (κ3) is 3.55. The molecule has 1 saturated carbocycles. The van der Waals surface area contributed by atoms with Crippen LogP contribution in [0.5, 0.6) is 0 Å². The minimum Gasteiger partial charge on any atom is -0.465 e. The summed E-state index contributed by atoms with van der Waals surface area (Å²) in [6, 6.07) is 10.2. The van der Waals surface area contributed by atoms with Gasteiger partial charge in [0.2, 0.25) is 0 Å². The number of carbonyl (C=O) groups is 1. The molecule has 0 radical (unpaired) electrons. The number of likely N-dealkylation sites (N-methyl/N-ethyl adjacent to an activating group) is 2. The molecule has 1 heterocycles. The van der Waals surface area contributed by atoms with Crippen LogP contribution >= 0.6 is 0 Å². The van der Waals surface area contributed by atoms with Crippen molar-refractivity contribution in [3.8, 4) is 0 Å². The molecule has 0 aromatic heterocycles. The highest BCUT2D eigenvalue weighted by molar-refractivity contribution is 5.65. The third-order valence-electron chi connectivity index (χ3n) is 5.24. The zero-order valence-corrected chi connectivity index (χ0v) is 14.4. The van der Waals surface area contributed by atoms with Crippen LogP contribution in [0.1, 0.15) is 24.8 Å². The molecule has 3 rings (SSSR count). The number of ether oxygens (including phenoxy) is 2. The van der Waals surface area contributed by atoms with E-state index in [9.17, 15) is 9.90 Å². The van der Waals surface area contributed by atoms with Crippen molar-refractivity contribution >= 4 is 6.09 Å². The van der Waals surface area contributed by atoms with E-state index in [1.807, 2.05) is 25.2 Å². The Bertz CT molecular complexity index is 559. The van der Waals surface area contributed by atoms with Crippen LogP contribution in [-0.4, -0.2) is 66.2 Å². The Morgan fingerprint density at radius 3 is 2.50 bits per heavy atom. The molecule has 132 valence electrons. The minimum atomic E-state index is -0.887. The Balaban J connectivity index is 1.78. The fraction of sp³-hybridized carbons (Fsp3) is 0.611. The lowest BCUT2D eigenvalue weighted by molar-refractivity contribution is -0.197. The summed E-state index contributed by atoms with van der Waals surface area (Å²) in [7, 11) is 3.71. The largest absolute Gasteiger partial charge is 0.465 e. The lowest BCUT2D eigenvalue weighted by Crippen LogP contribution is -2.57. The van der Waals surface area contributed by atoms with E-state index in [1.54, 1.807) is 7.05 Å². The molecule has 2 fully saturated rings. The summed E-state index contributed by atoms with van der Waals surface area (Å²) < 4.78 is 11.8. The van der Waals surface area contributed by atoms with E-state index >= 15 is 0 Å². The van der Waals surface area contributed by atoms with Gasteiger partial charge in [-0.05, 0) is 19.0 Å². The second-order valence-corrected chi connectivity index (χ2v) is 6.78. The van der Waals surface area contributed by atoms with Gasteiger partial charge in [-0.3, -0.25) is 4.90 Å². The summed E-state index contributed by atoms with van der Waals surface area (Å²) in [6.45, 7) is 2.01. The van der Waals surface area contributed by atoms with Crippen molar-refractivity contribution in [2.75, 3.05) is 27.3 Å². The van der Waals surface area contributed by atoms with Gasteiger partial charge in [0, 0.05) is 32.5 Å². The maximum absolute atomic E-state index is 11.5. The summed E-state index contributed by atoms with van der Waals surface area (Å²) in [5, 5.41) is 9.43. The second kappa shape index (κ2) is 7.09. The number of amides is 1. The first-order valence-corrected chi connectivity index (χ1v) is 8.49. The SMILES string of the molecule is CN(Cc1ccccc1)[C@H]1CC2(CC[C@@H]1N(C)C(=O)O)OCCO2. The summed E-state index contributed by atoms with van der Waals surface area (Å²) in [5.74, 6) is -0.536. The van der Waals surface area contributed by atoms with Gasteiger partial charge in [-0.15, -0.1) is 0 Å². The van der Waals surface area contributed by atoms with E-state index in [0.717, 1.165) is 19.4 Å². The molecule has 0 bridgehead atoms. The van der Waals surface area contributed by atoms with Gasteiger partial charge in [0.05, 0.1) is 19.3 Å². The molecule has 1 N–H and O–H groups in total. The highest BCUT2D eigenvalue weighted by atomic mass is 16.7. The van der Waals surface area contributed by atoms with E-state index in [1.165, 1.54) is 10.5 Å². The first-order chi connectivity index (χ1) is 11.5. The Morgan fingerprint density at radius 1 is 1.21 bits per heavy atom. The molecule has 0 unspecified atom stereocenters. The summed E-state index contributed by atoms with van der Waals surface area (Å²) in [6.07, 6.45) is 1.29. The van der Waals surface area contributed by atoms with Gasteiger partial charge < -0.3 is 19.5 Å². The van der Waals surface area contributed by atoms with Gasteiger partial charge in [0.15, 0.2) is 5.79 Å². The Hall–Kier alpha value is -1.63. The topological polar surface area (TPSA) is 62.2 Å². The number of rotatable bonds is 4. The number of benzene rings is 1. The zero-order valence-electron chi connectivity index (χ0n) is 14.4. The van der Waals surface area contributed by atoms with E-state index in [4.69, 9.17) is 9.47 Å². The maximum Gasteiger partial charge on any atom is 0.407 e. The van der Waals surface area contributed by atoms with Crippen molar-refractivity contribution in [1.82, 2.24) is 9.80 Å². The quantitative estimate of drug-likeness (QED) is 0.916. The standard InChI is InChI=1S/C18H26N2O4/c1-19(13-14-6-4-3-5-7-14)16-12-18(23-10-11-24-18)9-8-15(16)20(2)17(21)22/h3-7,15-16H,8-13H2,1-2H3,(H,21,22)/t15-,16-/m0/s1. The van der Waals surface area contributed by atoms with Crippen LogP contribution < -0.4 is 0 Å². The first-order valence-electron chi connectivity index (χ1n) is 8.49. The Kier molecular flexibility index (Phi) is 5.08. The average Bonchev–Trinajstić information content (AvgIpc) is 3.03. The molecule has 1 spiro atoms. The fourth-order valence-electron chi connectivity index (χ4n) is 3.91. The smallest absolute Gasteiger partial charge is 0.407 e. The fourth-order valence-corrected chi connectivity index (χ4v) is 3.91. The van der Waals surface area contributed by atoms with E-state index in [-0.39, 0.29) is 12.1 Å². The van der Waals surface area contributed by atoms with Gasteiger partial charge in [0.1, 0.15) is 0 Å². The molecular weight excluding hydrogens is 308 g/mol. The molecule has 1 aromatic carbocycles. The summed E-state index contributed by atoms with van der Waals surface area (Å²) in [5.41, 5.74) is 1.21. The molecule has 24 heavy (non-hydrogen) atoms. The highest BCUT2D eigenvalue weighted by Crippen LogP contribution is 2.39. The predicted octanol–water partition coefficient (Wildman–Crippen LogP) is 2.39. The molecule has 6 nitrogen and oxygen atoms in total. The van der Waals surface area contributed by atoms with Crippen molar-refractivity contribution in [2.24, 2.45) is 0 Å². The van der Waals surface area contributed by atoms with Crippen molar-refractivity contribution in [1.29, 1.82) is 0 Å². The maximum atomic E-state index is 11.5. The number of nitrogens with zero attached hydrogens (tertiary/aromatic N) is 2. The van der Waals surface area contributed by atoms with Gasteiger partial charge in [-0.1, -0.05) is 30.3 Å². The predicted molar refractivity (Wildman–Crippen MR) is 89.8 cm³/mol. The van der Waals surface area contributed by atoms with Crippen molar-refractivity contribution < 1.29 is 19.4 Å². The molecule has 1 aliphatic heterocycles. The molecule has 6 heteroatoms. The molecule has 1 amide bonds. The average molecular weight is 334 g/mol. The van der Waals surface area contributed by atoms with Gasteiger partial charge >= 0.3 is 6.09 Å². The number of carboxylic acid groups (broad SMARTS) is 1. The first kappa shape index (κ1) is 17.2. The van der Waals surface area contributed by atoms with E-state index in [0.29, 0.717) is 19.6 Å². The minimum absolute atomic E-state index is 0.0538. The van der Waals surface area contributed by atoms with Crippen molar-refractivity contribution in [2.45, 2.75) is 43.7 Å². The lowest BCUT2D eigenvalue weighted by atomic mass is 9.84. The molecule has 1 aromatic rings. The van der Waals surface area contributed by atoms with Crippen LogP contribution in [0.15, 0.2) is 30.3 Å². The Morgan fingerprint density at radius 2 is 1.88 bits per heavy atom. The highest BCUT2D eigenvalue weighted by Gasteiger charge is 2.48. The van der Waals surface area contributed by atoms with Crippen molar-refractivity contribution in [3.05, 3.63) is 35.9 Å². The molecule has 1 aliphatic carbocycles. The molecule has 2 aliphatic rings. The van der Waals surface area contributed by atoms with Gasteiger partial charge in [-0.2, -0.15) is 0 Å². The van der Waals surface area contributed by atoms with Crippen LogP contribution in [0.3, 0.4) is 0 Å². The van der Waals surface area contributed by atoms with Crippen LogP contribution in [-0.2, 0) is 16.0 Å². The van der Waals surface area contributed by atoms with Crippen LogP contribution in [0, 0.1) is 0 Å². The van der Waals surface area contributed by atoms with Crippen LogP contribution in [0.4, 0.5) is 4.79 Å². The summed E-state index contributed by atoms with van der Waals surface area (Å²) >= 11 is 0.